The summed E-state index contributed by atoms with van der Waals surface area (Å²) in [6.07, 6.45) is 0.743. The molecular formula is C25H31BrN4O4. The largest absolute Gasteiger partial charge is 0.497 e. The van der Waals surface area contributed by atoms with Crippen LogP contribution < -0.4 is 15.8 Å². The fourth-order valence-electron chi connectivity index (χ4n) is 5.27. The highest BCUT2D eigenvalue weighted by molar-refractivity contribution is 9.10. The third-order valence-corrected chi connectivity index (χ3v) is 7.48. The zero-order valence-corrected chi connectivity index (χ0v) is 20.8. The number of urea groups is 1. The molecule has 182 valence electrons. The monoisotopic (exact) mass is 530 g/mol. The Balaban J connectivity index is 1.56. The number of halogens is 1. The first-order valence-electron chi connectivity index (χ1n) is 11.5. The number of hydrogen-bond donors (Lipinski definition) is 3. The number of nitrogens with zero attached hydrogens (tertiary/aromatic N) is 2. The third kappa shape index (κ3) is 5.37. The summed E-state index contributed by atoms with van der Waals surface area (Å²) in [6.45, 7) is 2.21. The van der Waals surface area contributed by atoms with E-state index in [1.807, 2.05) is 12.1 Å². The Morgan fingerprint density at radius 1 is 1.15 bits per heavy atom. The molecule has 34 heavy (non-hydrogen) atoms. The first-order chi connectivity index (χ1) is 16.4. The van der Waals surface area contributed by atoms with E-state index in [1.54, 1.807) is 36.3 Å². The van der Waals surface area contributed by atoms with Gasteiger partial charge >= 0.3 is 12.0 Å². The van der Waals surface area contributed by atoms with Crippen molar-refractivity contribution in [1.29, 1.82) is 0 Å². The number of nitrogens with two attached hydrogens (primary N) is 1. The molecule has 0 radical (unpaired) electrons. The highest BCUT2D eigenvalue weighted by atomic mass is 79.9. The molecule has 4 N–H and O–H groups in total. The number of aliphatic carboxylic acids is 1. The number of ether oxygens (including phenoxy) is 1. The summed E-state index contributed by atoms with van der Waals surface area (Å²) in [6, 6.07) is 15.5. The van der Waals surface area contributed by atoms with Crippen molar-refractivity contribution in [2.75, 3.05) is 38.6 Å². The van der Waals surface area contributed by atoms with Crippen molar-refractivity contribution >= 4 is 33.6 Å². The Hall–Kier alpha value is -2.62. The van der Waals surface area contributed by atoms with E-state index in [1.165, 1.54) is 5.56 Å². The number of amides is 2. The molecule has 4 rings (SSSR count). The average Bonchev–Trinajstić information content (AvgIpc) is 2.80. The van der Waals surface area contributed by atoms with Crippen LogP contribution >= 0.6 is 15.9 Å². The van der Waals surface area contributed by atoms with Gasteiger partial charge in [0, 0.05) is 54.2 Å². The van der Waals surface area contributed by atoms with E-state index in [2.05, 4.69) is 38.3 Å². The van der Waals surface area contributed by atoms with Crippen molar-refractivity contribution in [3.05, 3.63) is 58.6 Å². The van der Waals surface area contributed by atoms with Crippen molar-refractivity contribution in [1.82, 2.24) is 9.80 Å². The number of methoxy groups -OCH3 is 1. The average molecular weight is 531 g/mol. The van der Waals surface area contributed by atoms with Gasteiger partial charge in [0.2, 0.25) is 0 Å². The van der Waals surface area contributed by atoms with E-state index in [0.29, 0.717) is 37.5 Å². The molecule has 0 unspecified atom stereocenters. The highest BCUT2D eigenvalue weighted by Gasteiger charge is 2.49. The van der Waals surface area contributed by atoms with Crippen LogP contribution in [0, 0.1) is 5.92 Å². The maximum absolute atomic E-state index is 13.3. The summed E-state index contributed by atoms with van der Waals surface area (Å²) in [4.78, 5) is 28.9. The fourth-order valence-corrected chi connectivity index (χ4v) is 5.53. The normalized spacial score (nSPS) is 24.9. The van der Waals surface area contributed by atoms with Crippen LogP contribution in [0.5, 0.6) is 5.75 Å². The summed E-state index contributed by atoms with van der Waals surface area (Å²) in [5.41, 5.74) is 8.05. The van der Waals surface area contributed by atoms with Gasteiger partial charge in [-0.1, -0.05) is 28.1 Å². The van der Waals surface area contributed by atoms with Crippen molar-refractivity contribution in [2.45, 2.75) is 30.8 Å². The molecule has 0 saturated carbocycles. The molecule has 0 aliphatic carbocycles. The predicted molar refractivity (Wildman–Crippen MR) is 134 cm³/mol. The number of rotatable bonds is 6. The SMILES string of the molecule is COc1ccc(NC(=O)N2C[C@H](CC(=O)O)CCN3[C@H](CN)[C@H](c4ccc(Br)cc4)[C@@H]3C2)cc1. The number of carboxylic acid groups (broad SMARTS) is 1. The van der Waals surface area contributed by atoms with Crippen LogP contribution in [0.25, 0.3) is 0 Å². The van der Waals surface area contributed by atoms with Gasteiger partial charge in [-0.2, -0.15) is 0 Å². The number of carboxylic acids is 1. The van der Waals surface area contributed by atoms with E-state index in [0.717, 1.165) is 11.0 Å². The van der Waals surface area contributed by atoms with Gasteiger partial charge in [-0.15, -0.1) is 0 Å². The Labute approximate surface area is 208 Å². The lowest BCUT2D eigenvalue weighted by atomic mass is 9.73. The predicted octanol–water partition coefficient (Wildman–Crippen LogP) is 3.58. The smallest absolute Gasteiger partial charge is 0.321 e. The van der Waals surface area contributed by atoms with Gasteiger partial charge in [0.05, 0.1) is 7.11 Å². The maximum atomic E-state index is 13.3. The van der Waals surface area contributed by atoms with Crippen LogP contribution in [0.3, 0.4) is 0 Å². The number of nitrogens with one attached hydrogen (secondary N) is 1. The second kappa shape index (κ2) is 10.8. The summed E-state index contributed by atoms with van der Waals surface area (Å²) in [5, 5.41) is 12.4. The number of carbonyl (C=O) groups excluding carboxylic acids is 1. The lowest BCUT2D eigenvalue weighted by Gasteiger charge is -2.58. The number of carbonyl (C=O) groups is 2. The second-order valence-corrected chi connectivity index (χ2v) is 9.92. The molecular weight excluding hydrogens is 500 g/mol. The van der Waals surface area contributed by atoms with Crippen molar-refractivity contribution in [3.63, 3.8) is 0 Å². The lowest BCUT2D eigenvalue weighted by molar-refractivity contribution is -0.138. The Morgan fingerprint density at radius 3 is 2.47 bits per heavy atom. The van der Waals surface area contributed by atoms with Gasteiger partial charge in [0.25, 0.3) is 0 Å². The molecule has 2 heterocycles. The minimum Gasteiger partial charge on any atom is -0.497 e. The van der Waals surface area contributed by atoms with E-state index >= 15 is 0 Å². The number of hydrogen-bond acceptors (Lipinski definition) is 5. The van der Waals surface area contributed by atoms with Gasteiger partial charge in [-0.05, 0) is 60.8 Å². The lowest BCUT2D eigenvalue weighted by Crippen LogP contribution is -2.69. The Bertz CT molecular complexity index is 1000. The summed E-state index contributed by atoms with van der Waals surface area (Å²) in [7, 11) is 1.59. The molecule has 2 amide bonds. The highest BCUT2D eigenvalue weighted by Crippen LogP contribution is 2.42. The molecule has 8 nitrogen and oxygen atoms in total. The first kappa shape index (κ1) is 24.5. The summed E-state index contributed by atoms with van der Waals surface area (Å²) < 4.78 is 6.21. The summed E-state index contributed by atoms with van der Waals surface area (Å²) in [5.74, 6) is -0.0407. The van der Waals surface area contributed by atoms with Gasteiger partial charge in [0.15, 0.2) is 0 Å². The van der Waals surface area contributed by atoms with E-state index in [9.17, 15) is 14.7 Å². The van der Waals surface area contributed by atoms with E-state index in [4.69, 9.17) is 10.5 Å². The topological polar surface area (TPSA) is 108 Å². The van der Waals surface area contributed by atoms with Gasteiger partial charge in [-0.3, -0.25) is 9.69 Å². The zero-order chi connectivity index (χ0) is 24.2. The Morgan fingerprint density at radius 2 is 1.85 bits per heavy atom. The first-order valence-corrected chi connectivity index (χ1v) is 12.3. The molecule has 9 heteroatoms. The van der Waals surface area contributed by atoms with Crippen LogP contribution in [-0.2, 0) is 4.79 Å². The molecule has 0 bridgehead atoms. The third-order valence-electron chi connectivity index (χ3n) is 6.95. The van der Waals surface area contributed by atoms with Crippen LogP contribution in [0.4, 0.5) is 10.5 Å². The fraction of sp³-hybridized carbons (Fsp3) is 0.440. The maximum Gasteiger partial charge on any atom is 0.321 e. The van der Waals surface area contributed by atoms with Crippen LogP contribution in [0.2, 0.25) is 0 Å². The number of fused-ring (bicyclic) bond motifs is 1. The molecule has 2 aromatic carbocycles. The minimum atomic E-state index is -0.843. The van der Waals surface area contributed by atoms with Gasteiger partial charge < -0.3 is 25.8 Å². The molecule has 4 atom stereocenters. The molecule has 0 spiro atoms. The molecule has 2 aliphatic rings. The number of benzene rings is 2. The summed E-state index contributed by atoms with van der Waals surface area (Å²) >= 11 is 3.50. The van der Waals surface area contributed by atoms with Crippen LogP contribution in [0.1, 0.15) is 24.3 Å². The minimum absolute atomic E-state index is 0.0360. The Kier molecular flexibility index (Phi) is 7.75. The van der Waals surface area contributed by atoms with E-state index in [-0.39, 0.29) is 36.4 Å². The zero-order valence-electron chi connectivity index (χ0n) is 19.2. The van der Waals surface area contributed by atoms with E-state index < -0.39 is 5.97 Å². The second-order valence-electron chi connectivity index (χ2n) is 9.00. The van der Waals surface area contributed by atoms with Crippen molar-refractivity contribution in [2.24, 2.45) is 11.7 Å². The van der Waals surface area contributed by atoms with Gasteiger partial charge in [-0.25, -0.2) is 4.79 Å². The molecule has 2 saturated heterocycles. The van der Waals surface area contributed by atoms with Crippen LogP contribution in [-0.4, -0.2) is 72.3 Å². The van der Waals surface area contributed by atoms with Crippen molar-refractivity contribution < 1.29 is 19.4 Å². The number of anilines is 1. The standard InChI is InChI=1S/C25H31BrN4O4/c1-34-20-8-6-19(7-9-20)28-25(33)29-14-16(12-23(31)32)10-11-30-21(13-27)24(22(30)15-29)17-2-4-18(26)5-3-17/h2-9,16,21-22,24H,10-15,27H2,1H3,(H,28,33)(H,31,32)/t16-,21+,22-,24-/m0/s1. The molecule has 0 aromatic heterocycles. The van der Waals surface area contributed by atoms with Gasteiger partial charge in [0.1, 0.15) is 5.75 Å². The molecule has 2 fully saturated rings. The molecule has 2 aliphatic heterocycles. The quantitative estimate of drug-likeness (QED) is 0.526. The van der Waals surface area contributed by atoms with Crippen LogP contribution in [0.15, 0.2) is 53.0 Å². The molecule has 2 aromatic rings. The van der Waals surface area contributed by atoms with Crippen molar-refractivity contribution in [3.8, 4) is 5.75 Å².